The van der Waals surface area contributed by atoms with Gasteiger partial charge in [0.1, 0.15) is 0 Å². The fraction of sp³-hybridized carbons (Fsp3) is 0.263. The SMILES string of the molecule is C=CCn1c(SCc2ccc(Cl)c(Cl)c2)nnc1-c1csc(C)c1CC. The zero-order chi connectivity index (χ0) is 18.7. The third-order valence-corrected chi connectivity index (χ3v) is 6.81. The number of thiophene rings is 1. The fourth-order valence-corrected chi connectivity index (χ4v) is 4.92. The van der Waals surface area contributed by atoms with Gasteiger partial charge in [-0.25, -0.2) is 0 Å². The number of aromatic nitrogens is 3. The second-order valence-electron chi connectivity index (χ2n) is 5.78. The minimum Gasteiger partial charge on any atom is -0.298 e. The van der Waals surface area contributed by atoms with E-state index in [-0.39, 0.29) is 0 Å². The van der Waals surface area contributed by atoms with Gasteiger partial charge in [-0.05, 0) is 36.6 Å². The Morgan fingerprint density at radius 1 is 1.27 bits per heavy atom. The number of hydrogen-bond acceptors (Lipinski definition) is 4. The third-order valence-electron chi connectivity index (χ3n) is 4.08. The van der Waals surface area contributed by atoms with Crippen LogP contribution in [0.4, 0.5) is 0 Å². The van der Waals surface area contributed by atoms with E-state index in [1.54, 1.807) is 23.1 Å². The lowest BCUT2D eigenvalue weighted by Gasteiger charge is -2.09. The molecular formula is C19H19Cl2N3S2. The highest BCUT2D eigenvalue weighted by molar-refractivity contribution is 7.98. The maximum atomic E-state index is 6.11. The molecule has 0 aliphatic heterocycles. The Balaban J connectivity index is 1.89. The van der Waals surface area contributed by atoms with Crippen molar-refractivity contribution < 1.29 is 0 Å². The largest absolute Gasteiger partial charge is 0.298 e. The molecule has 2 aromatic heterocycles. The van der Waals surface area contributed by atoms with Gasteiger partial charge in [-0.15, -0.1) is 28.1 Å². The Bertz CT molecular complexity index is 931. The summed E-state index contributed by atoms with van der Waals surface area (Å²) in [4.78, 5) is 1.33. The molecule has 0 fully saturated rings. The highest BCUT2D eigenvalue weighted by atomic mass is 35.5. The van der Waals surface area contributed by atoms with Crippen molar-refractivity contribution in [3.8, 4) is 11.4 Å². The minimum absolute atomic E-state index is 0.567. The molecule has 1 aromatic carbocycles. The average Bonchev–Trinajstić information content (AvgIpc) is 3.19. The van der Waals surface area contributed by atoms with Crippen molar-refractivity contribution in [2.75, 3.05) is 0 Å². The molecule has 26 heavy (non-hydrogen) atoms. The summed E-state index contributed by atoms with van der Waals surface area (Å²) in [5, 5.41) is 13.1. The molecule has 0 aliphatic rings. The van der Waals surface area contributed by atoms with Crippen LogP contribution in [0.1, 0.15) is 22.9 Å². The molecule has 3 rings (SSSR count). The first-order chi connectivity index (χ1) is 12.5. The molecule has 7 heteroatoms. The highest BCUT2D eigenvalue weighted by Gasteiger charge is 2.18. The monoisotopic (exact) mass is 423 g/mol. The molecule has 0 spiro atoms. The zero-order valence-corrected chi connectivity index (χ0v) is 17.8. The first-order valence-electron chi connectivity index (χ1n) is 8.23. The highest BCUT2D eigenvalue weighted by Crippen LogP contribution is 2.33. The van der Waals surface area contributed by atoms with Crippen LogP contribution >= 0.6 is 46.3 Å². The number of aryl methyl sites for hydroxylation is 1. The van der Waals surface area contributed by atoms with Gasteiger partial charge in [0.2, 0.25) is 0 Å². The molecule has 0 saturated heterocycles. The van der Waals surface area contributed by atoms with Crippen LogP contribution < -0.4 is 0 Å². The van der Waals surface area contributed by atoms with Crippen molar-refractivity contribution in [2.24, 2.45) is 0 Å². The number of nitrogens with zero attached hydrogens (tertiary/aromatic N) is 3. The Kier molecular flexibility index (Phi) is 6.46. The maximum Gasteiger partial charge on any atom is 0.192 e. The number of benzene rings is 1. The molecule has 136 valence electrons. The maximum absolute atomic E-state index is 6.11. The minimum atomic E-state index is 0.567. The standard InChI is InChI=1S/C19H19Cl2N3S2/c1-4-8-24-18(15-11-25-12(3)14(15)5-2)22-23-19(24)26-10-13-6-7-16(20)17(21)9-13/h4,6-7,9,11H,1,5,8,10H2,2-3H3. The number of rotatable bonds is 7. The number of halogens is 2. The molecule has 0 amide bonds. The lowest BCUT2D eigenvalue weighted by atomic mass is 10.1. The van der Waals surface area contributed by atoms with Gasteiger partial charge >= 0.3 is 0 Å². The predicted octanol–water partition coefficient (Wildman–Crippen LogP) is 6.66. The van der Waals surface area contributed by atoms with E-state index in [1.165, 1.54) is 16.0 Å². The Labute approximate surface area is 172 Å². The van der Waals surface area contributed by atoms with Gasteiger partial charge in [0.15, 0.2) is 11.0 Å². The average molecular weight is 424 g/mol. The van der Waals surface area contributed by atoms with Gasteiger partial charge < -0.3 is 0 Å². The van der Waals surface area contributed by atoms with E-state index >= 15 is 0 Å². The molecule has 0 radical (unpaired) electrons. The van der Waals surface area contributed by atoms with Crippen LogP contribution in [-0.2, 0) is 18.7 Å². The summed E-state index contributed by atoms with van der Waals surface area (Å²) in [6.07, 6.45) is 2.86. The Hall–Kier alpha value is -1.27. The normalized spacial score (nSPS) is 11.1. The van der Waals surface area contributed by atoms with Crippen molar-refractivity contribution in [1.29, 1.82) is 0 Å². The first-order valence-corrected chi connectivity index (χ1v) is 10.8. The van der Waals surface area contributed by atoms with Crippen LogP contribution in [0.5, 0.6) is 0 Å². The number of thioether (sulfide) groups is 1. The van der Waals surface area contributed by atoms with Gasteiger partial charge in [-0.2, -0.15) is 0 Å². The molecule has 0 bridgehead atoms. The van der Waals surface area contributed by atoms with Crippen molar-refractivity contribution in [3.63, 3.8) is 0 Å². The summed E-state index contributed by atoms with van der Waals surface area (Å²) >= 11 is 15.5. The lowest BCUT2D eigenvalue weighted by molar-refractivity contribution is 0.730. The van der Waals surface area contributed by atoms with E-state index in [1.807, 2.05) is 24.3 Å². The first kappa shape index (κ1) is 19.5. The van der Waals surface area contributed by atoms with Crippen molar-refractivity contribution in [3.05, 3.63) is 62.3 Å². The van der Waals surface area contributed by atoms with E-state index < -0.39 is 0 Å². The summed E-state index contributed by atoms with van der Waals surface area (Å²) in [6.45, 7) is 8.88. The molecule has 3 nitrogen and oxygen atoms in total. The molecule has 0 saturated carbocycles. The summed E-state index contributed by atoms with van der Waals surface area (Å²) in [5.41, 5.74) is 3.61. The van der Waals surface area contributed by atoms with E-state index in [4.69, 9.17) is 23.2 Å². The Morgan fingerprint density at radius 3 is 2.77 bits per heavy atom. The van der Waals surface area contributed by atoms with E-state index in [9.17, 15) is 0 Å². The van der Waals surface area contributed by atoms with E-state index in [0.717, 1.165) is 28.7 Å². The van der Waals surface area contributed by atoms with Crippen LogP contribution in [0.3, 0.4) is 0 Å². The van der Waals surface area contributed by atoms with Gasteiger partial charge in [0.25, 0.3) is 0 Å². The van der Waals surface area contributed by atoms with Gasteiger partial charge in [-0.1, -0.05) is 54.0 Å². The van der Waals surface area contributed by atoms with Crippen molar-refractivity contribution in [1.82, 2.24) is 14.8 Å². The number of hydrogen-bond donors (Lipinski definition) is 0. The van der Waals surface area contributed by atoms with Crippen LogP contribution in [-0.4, -0.2) is 14.8 Å². The number of allylic oxidation sites excluding steroid dienone is 1. The lowest BCUT2D eigenvalue weighted by Crippen LogP contribution is -2.01. The zero-order valence-electron chi connectivity index (χ0n) is 14.6. The summed E-state index contributed by atoms with van der Waals surface area (Å²) < 4.78 is 2.12. The van der Waals surface area contributed by atoms with E-state index in [2.05, 4.69) is 40.6 Å². The summed E-state index contributed by atoms with van der Waals surface area (Å²) in [5.74, 6) is 1.65. The van der Waals surface area contributed by atoms with Crippen LogP contribution in [0, 0.1) is 6.92 Å². The van der Waals surface area contributed by atoms with Gasteiger partial charge in [0, 0.05) is 28.1 Å². The second kappa shape index (κ2) is 8.61. The van der Waals surface area contributed by atoms with Crippen molar-refractivity contribution >= 4 is 46.3 Å². The molecule has 0 unspecified atom stereocenters. The van der Waals surface area contributed by atoms with Gasteiger partial charge in [0.05, 0.1) is 10.0 Å². The third kappa shape index (κ3) is 4.01. The molecule has 2 heterocycles. The van der Waals surface area contributed by atoms with Gasteiger partial charge in [-0.3, -0.25) is 4.57 Å². The van der Waals surface area contributed by atoms with Crippen LogP contribution in [0.2, 0.25) is 10.0 Å². The predicted molar refractivity (Wildman–Crippen MR) is 114 cm³/mol. The van der Waals surface area contributed by atoms with Crippen LogP contribution in [0.15, 0.2) is 41.4 Å². The fourth-order valence-electron chi connectivity index (χ4n) is 2.77. The van der Waals surface area contributed by atoms with Crippen molar-refractivity contribution in [2.45, 2.75) is 37.7 Å². The summed E-state index contributed by atoms with van der Waals surface area (Å²) in [7, 11) is 0. The molecular weight excluding hydrogens is 405 g/mol. The molecule has 0 N–H and O–H groups in total. The Morgan fingerprint density at radius 2 is 2.08 bits per heavy atom. The summed E-state index contributed by atoms with van der Waals surface area (Å²) in [6, 6.07) is 5.69. The quantitative estimate of drug-likeness (QED) is 0.314. The second-order valence-corrected chi connectivity index (χ2v) is 8.62. The smallest absolute Gasteiger partial charge is 0.192 e. The molecule has 0 atom stereocenters. The molecule has 0 aliphatic carbocycles. The van der Waals surface area contributed by atoms with E-state index in [0.29, 0.717) is 16.6 Å². The van der Waals surface area contributed by atoms with Crippen LogP contribution in [0.25, 0.3) is 11.4 Å². The molecule has 3 aromatic rings. The topological polar surface area (TPSA) is 30.7 Å².